The maximum Gasteiger partial charge on any atom is 0.265 e. The Balaban J connectivity index is 2.47. The van der Waals surface area contributed by atoms with E-state index in [0.29, 0.717) is 28.0 Å². The fourth-order valence-electron chi connectivity index (χ4n) is 2.09. The highest BCUT2D eigenvalue weighted by molar-refractivity contribution is 7.80. The summed E-state index contributed by atoms with van der Waals surface area (Å²) in [6, 6.07) is 3.16. The number of carbonyl (C=O) groups excluding carboxylic acids is 2. The van der Waals surface area contributed by atoms with Gasteiger partial charge in [-0.1, -0.05) is 23.2 Å². The third-order valence-corrected chi connectivity index (χ3v) is 4.37. The molecule has 1 aromatic carbocycles. The molecule has 0 spiro atoms. The van der Waals surface area contributed by atoms with Gasteiger partial charge >= 0.3 is 0 Å². The second-order valence-electron chi connectivity index (χ2n) is 4.82. The number of thiocarbonyl (C=S) groups is 1. The summed E-state index contributed by atoms with van der Waals surface area (Å²) in [5.41, 5.74) is 0.509. The molecule has 0 radical (unpaired) electrons. The van der Waals surface area contributed by atoms with Gasteiger partial charge in [0.25, 0.3) is 11.8 Å². The van der Waals surface area contributed by atoms with E-state index in [1.807, 2.05) is 6.92 Å². The summed E-state index contributed by atoms with van der Waals surface area (Å²) in [5, 5.41) is 0.762. The number of ether oxygens (including phenoxy) is 1. The van der Waals surface area contributed by atoms with Crippen LogP contribution in [0.25, 0.3) is 6.08 Å². The van der Waals surface area contributed by atoms with E-state index in [1.54, 1.807) is 12.1 Å². The van der Waals surface area contributed by atoms with Gasteiger partial charge in [-0.3, -0.25) is 19.4 Å². The minimum atomic E-state index is -0.473. The lowest BCUT2D eigenvalue weighted by Crippen LogP contribution is -2.52. The van der Waals surface area contributed by atoms with Crippen LogP contribution in [0.15, 0.2) is 17.7 Å². The van der Waals surface area contributed by atoms with Crippen molar-refractivity contribution in [1.29, 1.82) is 0 Å². The molecule has 0 aliphatic carbocycles. The zero-order chi connectivity index (χ0) is 17.3. The molecule has 2 rings (SSSR count). The second kappa shape index (κ2) is 6.86. The lowest BCUT2D eigenvalue weighted by molar-refractivity contribution is -0.132. The Morgan fingerprint density at radius 2 is 1.61 bits per heavy atom. The van der Waals surface area contributed by atoms with Crippen molar-refractivity contribution in [3.05, 3.63) is 33.3 Å². The molecule has 5 nitrogen and oxygen atoms in total. The van der Waals surface area contributed by atoms with Crippen LogP contribution in [0.2, 0.25) is 10.0 Å². The van der Waals surface area contributed by atoms with Gasteiger partial charge < -0.3 is 4.74 Å². The fourth-order valence-corrected chi connectivity index (χ4v) is 2.87. The Bertz CT molecular complexity index is 684. The molecule has 1 saturated heterocycles. The predicted molar refractivity (Wildman–Crippen MR) is 93.7 cm³/mol. The molecular weight excluding hydrogens is 359 g/mol. The van der Waals surface area contributed by atoms with Crippen molar-refractivity contribution in [2.24, 2.45) is 0 Å². The van der Waals surface area contributed by atoms with Gasteiger partial charge in [0.2, 0.25) is 0 Å². The summed E-state index contributed by atoms with van der Waals surface area (Å²) in [4.78, 5) is 27.0. The lowest BCUT2D eigenvalue weighted by Gasteiger charge is -2.31. The zero-order valence-corrected chi connectivity index (χ0v) is 15.1. The van der Waals surface area contributed by atoms with Crippen LogP contribution >= 0.6 is 35.4 Å². The van der Waals surface area contributed by atoms with Gasteiger partial charge in [-0.05, 0) is 42.9 Å². The molecular formula is C15H14Cl2N2O3S. The van der Waals surface area contributed by atoms with Gasteiger partial charge in [0, 0.05) is 14.1 Å². The summed E-state index contributed by atoms with van der Waals surface area (Å²) in [7, 11) is 3.03. The predicted octanol–water partition coefficient (Wildman–Crippen LogP) is 2.99. The quantitative estimate of drug-likeness (QED) is 0.464. The normalized spacial score (nSPS) is 15.3. The minimum Gasteiger partial charge on any atom is -0.491 e. The average molecular weight is 373 g/mol. The van der Waals surface area contributed by atoms with Crippen molar-refractivity contribution >= 4 is 58.4 Å². The molecule has 8 heteroatoms. The topological polar surface area (TPSA) is 49.9 Å². The average Bonchev–Trinajstić information content (AvgIpc) is 2.51. The molecule has 0 unspecified atom stereocenters. The van der Waals surface area contributed by atoms with Crippen LogP contribution in [0.4, 0.5) is 0 Å². The minimum absolute atomic E-state index is 0.0140. The molecule has 0 atom stereocenters. The molecule has 0 N–H and O–H groups in total. The molecule has 1 aromatic rings. The highest BCUT2D eigenvalue weighted by Crippen LogP contribution is 2.35. The molecule has 1 heterocycles. The van der Waals surface area contributed by atoms with E-state index >= 15 is 0 Å². The number of carbonyl (C=O) groups is 2. The maximum atomic E-state index is 12.3. The number of halogens is 2. The fraction of sp³-hybridized carbons (Fsp3) is 0.267. The number of hydrogen-bond acceptors (Lipinski definition) is 4. The summed E-state index contributed by atoms with van der Waals surface area (Å²) in [6.45, 7) is 2.24. The Hall–Kier alpha value is -1.63. The first-order valence-electron chi connectivity index (χ1n) is 6.71. The van der Waals surface area contributed by atoms with E-state index in [1.165, 1.54) is 30.0 Å². The van der Waals surface area contributed by atoms with Gasteiger partial charge in [-0.25, -0.2) is 0 Å². The smallest absolute Gasteiger partial charge is 0.265 e. The summed E-state index contributed by atoms with van der Waals surface area (Å²) < 4.78 is 5.35. The van der Waals surface area contributed by atoms with Crippen molar-refractivity contribution in [3.63, 3.8) is 0 Å². The Morgan fingerprint density at radius 1 is 1.13 bits per heavy atom. The summed E-state index contributed by atoms with van der Waals surface area (Å²) >= 11 is 17.3. The molecule has 1 aliphatic rings. The largest absolute Gasteiger partial charge is 0.491 e. The Labute approximate surface area is 149 Å². The van der Waals surface area contributed by atoms with Crippen molar-refractivity contribution in [2.75, 3.05) is 20.7 Å². The molecule has 0 bridgehead atoms. The van der Waals surface area contributed by atoms with Gasteiger partial charge in [-0.15, -0.1) is 0 Å². The van der Waals surface area contributed by atoms with E-state index in [9.17, 15) is 9.59 Å². The van der Waals surface area contributed by atoms with E-state index in [4.69, 9.17) is 40.2 Å². The van der Waals surface area contributed by atoms with Gasteiger partial charge in [0.05, 0.1) is 16.7 Å². The van der Waals surface area contributed by atoms with E-state index in [2.05, 4.69) is 0 Å². The summed E-state index contributed by atoms with van der Waals surface area (Å²) in [5.74, 6) is -0.576. The molecule has 0 saturated carbocycles. The second-order valence-corrected chi connectivity index (χ2v) is 6.00. The summed E-state index contributed by atoms with van der Waals surface area (Å²) in [6.07, 6.45) is 1.44. The number of benzene rings is 1. The van der Waals surface area contributed by atoms with E-state index in [0.717, 1.165) is 0 Å². The number of likely N-dealkylation sites (N-methyl/N-ethyl adjacent to an activating group) is 2. The standard InChI is InChI=1S/C15H14Cl2N2O3S/c1-4-22-12-10(16)6-8(7-11(12)17)5-9-13(20)18(2)15(23)19(3)14(9)21/h5-7H,4H2,1-3H3. The van der Waals surface area contributed by atoms with Crippen LogP contribution in [0.1, 0.15) is 12.5 Å². The van der Waals surface area contributed by atoms with Crippen LogP contribution in [-0.4, -0.2) is 47.4 Å². The third kappa shape index (κ3) is 3.34. The maximum absolute atomic E-state index is 12.3. The first-order chi connectivity index (χ1) is 10.8. The molecule has 1 fully saturated rings. The number of amides is 2. The van der Waals surface area contributed by atoms with E-state index in [-0.39, 0.29) is 10.7 Å². The van der Waals surface area contributed by atoms with Crippen LogP contribution in [0.3, 0.4) is 0 Å². The molecule has 0 aromatic heterocycles. The molecule has 122 valence electrons. The van der Waals surface area contributed by atoms with Crippen molar-refractivity contribution in [3.8, 4) is 5.75 Å². The SMILES string of the molecule is CCOc1c(Cl)cc(C=C2C(=O)N(C)C(=S)N(C)C2=O)cc1Cl. The Kier molecular flexibility index (Phi) is 5.29. The van der Waals surface area contributed by atoms with Crippen LogP contribution in [0.5, 0.6) is 5.75 Å². The number of hydrogen-bond donors (Lipinski definition) is 0. The van der Waals surface area contributed by atoms with Gasteiger partial charge in [0.1, 0.15) is 5.57 Å². The molecule has 23 heavy (non-hydrogen) atoms. The van der Waals surface area contributed by atoms with Crippen molar-refractivity contribution < 1.29 is 14.3 Å². The van der Waals surface area contributed by atoms with Crippen LogP contribution < -0.4 is 4.74 Å². The molecule has 1 aliphatic heterocycles. The van der Waals surface area contributed by atoms with Crippen LogP contribution in [0, 0.1) is 0 Å². The monoisotopic (exact) mass is 372 g/mol. The number of nitrogens with zero attached hydrogens (tertiary/aromatic N) is 2. The van der Waals surface area contributed by atoms with Gasteiger partial charge in [0.15, 0.2) is 10.9 Å². The van der Waals surface area contributed by atoms with Crippen molar-refractivity contribution in [2.45, 2.75) is 6.92 Å². The van der Waals surface area contributed by atoms with Gasteiger partial charge in [-0.2, -0.15) is 0 Å². The third-order valence-electron chi connectivity index (χ3n) is 3.26. The first-order valence-corrected chi connectivity index (χ1v) is 7.88. The Morgan fingerprint density at radius 3 is 2.04 bits per heavy atom. The van der Waals surface area contributed by atoms with E-state index < -0.39 is 11.8 Å². The number of rotatable bonds is 3. The highest BCUT2D eigenvalue weighted by Gasteiger charge is 2.35. The first kappa shape index (κ1) is 17.7. The lowest BCUT2D eigenvalue weighted by atomic mass is 10.1. The highest BCUT2D eigenvalue weighted by atomic mass is 35.5. The molecule has 2 amide bonds. The van der Waals surface area contributed by atoms with Crippen molar-refractivity contribution in [1.82, 2.24) is 9.80 Å². The van der Waals surface area contributed by atoms with Crippen LogP contribution in [-0.2, 0) is 9.59 Å². The zero-order valence-electron chi connectivity index (χ0n) is 12.7.